The van der Waals surface area contributed by atoms with Gasteiger partial charge in [-0.1, -0.05) is 48.5 Å². The number of carbonyl (C=O) groups excluding carboxylic acids is 4. The van der Waals surface area contributed by atoms with Crippen LogP contribution < -0.4 is 25.9 Å². The lowest BCUT2D eigenvalue weighted by Crippen LogP contribution is -2.35. The first kappa shape index (κ1) is 32.7. The van der Waals surface area contributed by atoms with Crippen LogP contribution >= 0.6 is 11.8 Å². The number of hydrogen-bond acceptors (Lipinski definition) is 7. The quantitative estimate of drug-likeness (QED) is 0.154. The number of hydrogen-bond donors (Lipinski definition) is 3. The van der Waals surface area contributed by atoms with Crippen molar-refractivity contribution in [3.63, 3.8) is 0 Å². The van der Waals surface area contributed by atoms with Gasteiger partial charge in [-0.25, -0.2) is 0 Å². The molecule has 10 nitrogen and oxygen atoms in total. The number of nitrogens with zero attached hydrogens (tertiary/aromatic N) is 3. The van der Waals surface area contributed by atoms with Gasteiger partial charge in [-0.05, 0) is 79.2 Å². The summed E-state index contributed by atoms with van der Waals surface area (Å²) < 4.78 is 0. The monoisotopic (exact) mass is 646 g/mol. The smallest absolute Gasteiger partial charge is 0.272 e. The molecule has 0 fully saturated rings. The lowest BCUT2D eigenvalue weighted by Gasteiger charge is -2.14. The minimum atomic E-state index is -0.490. The van der Waals surface area contributed by atoms with Crippen LogP contribution in [0.3, 0.4) is 0 Å². The van der Waals surface area contributed by atoms with Crippen molar-refractivity contribution in [2.45, 2.75) is 23.5 Å². The normalized spacial score (nSPS) is 13.4. The Morgan fingerprint density at radius 1 is 0.851 bits per heavy atom. The van der Waals surface area contributed by atoms with E-state index in [-0.39, 0.29) is 23.9 Å². The molecule has 1 atom stereocenters. The summed E-state index contributed by atoms with van der Waals surface area (Å²) in [7, 11) is 3.88. The molecule has 3 N–H and O–H groups in total. The molecule has 0 aromatic heterocycles. The highest BCUT2D eigenvalue weighted by Crippen LogP contribution is 2.26. The van der Waals surface area contributed by atoms with E-state index in [2.05, 4.69) is 21.1 Å². The summed E-state index contributed by atoms with van der Waals surface area (Å²) in [6.07, 6.45) is 1.64. The maximum atomic E-state index is 13.4. The van der Waals surface area contributed by atoms with E-state index in [9.17, 15) is 19.2 Å². The van der Waals surface area contributed by atoms with Crippen LogP contribution in [0.5, 0.6) is 0 Å². The van der Waals surface area contributed by atoms with Gasteiger partial charge in [0.1, 0.15) is 11.5 Å². The number of amides is 4. The maximum Gasteiger partial charge on any atom is 0.272 e. The molecule has 1 aliphatic heterocycles. The average molecular weight is 647 g/mol. The third kappa shape index (κ3) is 8.74. The number of benzene rings is 4. The number of para-hydroxylation sites is 1. The summed E-state index contributed by atoms with van der Waals surface area (Å²) >= 11 is 1.33. The van der Waals surface area contributed by atoms with Gasteiger partial charge in [0.2, 0.25) is 5.91 Å². The Morgan fingerprint density at radius 3 is 2.13 bits per heavy atom. The molecule has 0 spiro atoms. The zero-order chi connectivity index (χ0) is 33.3. The van der Waals surface area contributed by atoms with E-state index in [1.165, 1.54) is 16.8 Å². The SMILES string of the molecule is CC(Sc1ccc(NC(=O)/C(=C/c2ccc(N(C)C)cc2)NC(=O)c2ccccc2)cc1)C(=O)NC1=NN(c2ccccc2)C(=O)C1. The van der Waals surface area contributed by atoms with Gasteiger partial charge in [0.15, 0.2) is 0 Å². The van der Waals surface area contributed by atoms with Crippen molar-refractivity contribution >= 4 is 64.4 Å². The Hall–Kier alpha value is -5.68. The van der Waals surface area contributed by atoms with Gasteiger partial charge in [-0.3, -0.25) is 19.2 Å². The molecule has 0 saturated carbocycles. The fourth-order valence-electron chi connectivity index (χ4n) is 4.56. The van der Waals surface area contributed by atoms with Crippen LogP contribution in [0.4, 0.5) is 17.1 Å². The molecule has 0 radical (unpaired) electrons. The Morgan fingerprint density at radius 2 is 1.49 bits per heavy atom. The van der Waals surface area contributed by atoms with Gasteiger partial charge in [-0.15, -0.1) is 11.8 Å². The van der Waals surface area contributed by atoms with Crippen molar-refractivity contribution in [1.29, 1.82) is 0 Å². The van der Waals surface area contributed by atoms with E-state index < -0.39 is 17.1 Å². The van der Waals surface area contributed by atoms with Crippen LogP contribution in [0.1, 0.15) is 29.3 Å². The molecule has 238 valence electrons. The third-order valence-corrected chi connectivity index (χ3v) is 8.20. The molecule has 4 amide bonds. The molecule has 47 heavy (non-hydrogen) atoms. The minimum absolute atomic E-state index is 0.00997. The second kappa shape index (κ2) is 15.1. The summed E-state index contributed by atoms with van der Waals surface area (Å²) in [6, 6.07) is 32.4. The van der Waals surface area contributed by atoms with Crippen LogP contribution in [0.25, 0.3) is 6.08 Å². The predicted octanol–water partition coefficient (Wildman–Crippen LogP) is 5.51. The largest absolute Gasteiger partial charge is 0.378 e. The van der Waals surface area contributed by atoms with Crippen molar-refractivity contribution in [3.8, 4) is 0 Å². The zero-order valence-electron chi connectivity index (χ0n) is 26.1. The highest BCUT2D eigenvalue weighted by Gasteiger charge is 2.27. The lowest BCUT2D eigenvalue weighted by atomic mass is 10.1. The Bertz CT molecular complexity index is 1810. The van der Waals surface area contributed by atoms with Gasteiger partial charge >= 0.3 is 0 Å². The Kier molecular flexibility index (Phi) is 10.5. The van der Waals surface area contributed by atoms with Crippen molar-refractivity contribution in [2.24, 2.45) is 5.10 Å². The summed E-state index contributed by atoms with van der Waals surface area (Å²) in [5.41, 5.74) is 3.40. The highest BCUT2D eigenvalue weighted by molar-refractivity contribution is 8.00. The van der Waals surface area contributed by atoms with Crippen molar-refractivity contribution in [2.75, 3.05) is 29.3 Å². The number of carbonyl (C=O) groups is 4. The number of nitrogens with one attached hydrogen (secondary N) is 3. The molecule has 4 aromatic rings. The molecule has 0 aliphatic carbocycles. The predicted molar refractivity (Wildman–Crippen MR) is 187 cm³/mol. The first-order valence-corrected chi connectivity index (χ1v) is 15.7. The number of thioether (sulfide) groups is 1. The van der Waals surface area contributed by atoms with Gasteiger partial charge < -0.3 is 20.9 Å². The van der Waals surface area contributed by atoms with Crippen LogP contribution in [0.15, 0.2) is 125 Å². The van der Waals surface area contributed by atoms with E-state index >= 15 is 0 Å². The molecule has 11 heteroatoms. The fourth-order valence-corrected chi connectivity index (χ4v) is 5.43. The summed E-state index contributed by atoms with van der Waals surface area (Å²) in [5, 5.41) is 13.4. The summed E-state index contributed by atoms with van der Waals surface area (Å²) in [4.78, 5) is 54.5. The van der Waals surface area contributed by atoms with Gasteiger partial charge in [0.25, 0.3) is 17.7 Å². The zero-order valence-corrected chi connectivity index (χ0v) is 27.0. The van der Waals surface area contributed by atoms with Crippen LogP contribution in [0, 0.1) is 0 Å². The van der Waals surface area contributed by atoms with Gasteiger partial charge in [0, 0.05) is 35.9 Å². The molecular formula is C36H34N6O4S. The average Bonchev–Trinajstić information content (AvgIpc) is 3.45. The number of amidine groups is 1. The maximum absolute atomic E-state index is 13.4. The molecular weight excluding hydrogens is 613 g/mol. The molecule has 4 aromatic carbocycles. The van der Waals surface area contributed by atoms with E-state index in [4.69, 9.17) is 0 Å². The first-order chi connectivity index (χ1) is 22.7. The van der Waals surface area contributed by atoms with E-state index in [0.29, 0.717) is 22.8 Å². The molecule has 0 bridgehead atoms. The molecule has 1 unspecified atom stereocenters. The van der Waals surface area contributed by atoms with Crippen molar-refractivity contribution in [3.05, 3.63) is 126 Å². The van der Waals surface area contributed by atoms with Crippen LogP contribution in [-0.4, -0.2) is 48.8 Å². The topological polar surface area (TPSA) is 123 Å². The fraction of sp³-hybridized carbons (Fsp3) is 0.139. The summed E-state index contributed by atoms with van der Waals surface area (Å²) in [5.74, 6) is -1.10. The van der Waals surface area contributed by atoms with Crippen LogP contribution in [-0.2, 0) is 14.4 Å². The second-order valence-corrected chi connectivity index (χ2v) is 12.3. The van der Waals surface area contributed by atoms with Gasteiger partial charge in [-0.2, -0.15) is 10.1 Å². The molecule has 1 aliphatic rings. The Balaban J connectivity index is 1.22. The second-order valence-electron chi connectivity index (χ2n) is 10.9. The summed E-state index contributed by atoms with van der Waals surface area (Å²) in [6.45, 7) is 1.76. The highest BCUT2D eigenvalue weighted by atomic mass is 32.2. The number of anilines is 3. The minimum Gasteiger partial charge on any atom is -0.378 e. The third-order valence-electron chi connectivity index (χ3n) is 7.09. The van der Waals surface area contributed by atoms with Crippen molar-refractivity contribution in [1.82, 2.24) is 10.6 Å². The standard InChI is InChI=1S/C36H34N6O4S/c1-24(34(44)39-32-23-33(43)42(40-32)29-12-8-5-9-13-29)47-30-20-16-27(17-21-30)37-36(46)31(38-35(45)26-10-6-4-7-11-26)22-25-14-18-28(19-15-25)41(2)3/h4-22,24H,23H2,1-3H3,(H,37,46)(H,38,45)(H,39,40,44)/b31-22-. The van der Waals surface area contributed by atoms with E-state index in [1.54, 1.807) is 73.7 Å². The van der Waals surface area contributed by atoms with E-state index in [0.717, 1.165) is 16.1 Å². The van der Waals surface area contributed by atoms with E-state index in [1.807, 2.05) is 67.5 Å². The van der Waals surface area contributed by atoms with Crippen molar-refractivity contribution < 1.29 is 19.2 Å². The number of hydrazone groups is 1. The molecule has 1 heterocycles. The molecule has 5 rings (SSSR count). The lowest BCUT2D eigenvalue weighted by molar-refractivity contribution is -0.119. The molecule has 0 saturated heterocycles. The first-order valence-electron chi connectivity index (χ1n) is 14.9. The van der Waals surface area contributed by atoms with Crippen LogP contribution in [0.2, 0.25) is 0 Å². The Labute approximate surface area is 277 Å². The van der Waals surface area contributed by atoms with Gasteiger partial charge in [0.05, 0.1) is 17.4 Å². The number of rotatable bonds is 10.